The van der Waals surface area contributed by atoms with Gasteiger partial charge < -0.3 is 4.74 Å². The van der Waals surface area contributed by atoms with Gasteiger partial charge in [0, 0.05) is 37.9 Å². The Hall–Kier alpha value is -5.26. The molecule has 0 spiro atoms. The van der Waals surface area contributed by atoms with Crippen molar-refractivity contribution in [3.63, 3.8) is 0 Å². The van der Waals surface area contributed by atoms with Crippen LogP contribution in [0.3, 0.4) is 0 Å². The van der Waals surface area contributed by atoms with Crippen LogP contribution < -0.4 is 4.74 Å². The predicted octanol–water partition coefficient (Wildman–Crippen LogP) is 10.1. The Morgan fingerprint density at radius 3 is 2.45 bits per heavy atom. The largest absolute Gasteiger partial charge is 0.481 e. The molecule has 8 aromatic rings. The molecule has 1 aliphatic heterocycles. The van der Waals surface area contributed by atoms with Crippen LogP contribution in [-0.4, -0.2) is 20.1 Å². The molecule has 10 rings (SSSR count). The van der Waals surface area contributed by atoms with Crippen molar-refractivity contribution < 1.29 is 4.74 Å². The highest BCUT2D eigenvalue weighted by Gasteiger charge is 2.44. The number of thiophene rings is 1. The third-order valence-corrected chi connectivity index (χ3v) is 10.4. The molecule has 3 aromatic heterocycles. The normalized spacial score (nSPS) is 18.9. The lowest BCUT2D eigenvalue weighted by Crippen LogP contribution is -2.32. The Morgan fingerprint density at radius 1 is 0.750 bits per heavy atom. The van der Waals surface area contributed by atoms with E-state index >= 15 is 0 Å². The fraction of sp³-hybridized carbons (Fsp3) is 0.0769. The number of hydrogen-bond acceptors (Lipinski definition) is 4. The Morgan fingerprint density at radius 2 is 1.55 bits per heavy atom. The molecule has 0 fully saturated rings. The lowest BCUT2D eigenvalue weighted by molar-refractivity contribution is 0.156. The van der Waals surface area contributed by atoms with Crippen molar-refractivity contribution in [1.82, 2.24) is 14.5 Å². The van der Waals surface area contributed by atoms with Gasteiger partial charge in [-0.25, -0.2) is 9.97 Å². The van der Waals surface area contributed by atoms with Gasteiger partial charge in [-0.2, -0.15) is 0 Å². The number of nitrogens with zero attached hydrogens (tertiary/aromatic N) is 3. The summed E-state index contributed by atoms with van der Waals surface area (Å²) in [5, 5.41) is 5.94. The summed E-state index contributed by atoms with van der Waals surface area (Å²) in [7, 11) is 0. The van der Waals surface area contributed by atoms with Crippen LogP contribution in [0, 0.1) is 0 Å². The number of para-hydroxylation sites is 2. The summed E-state index contributed by atoms with van der Waals surface area (Å²) in [6.07, 6.45) is 8.62. The van der Waals surface area contributed by atoms with Gasteiger partial charge in [-0.1, -0.05) is 91.0 Å². The molecular weight excluding hydrogens is 559 g/mol. The van der Waals surface area contributed by atoms with E-state index in [4.69, 9.17) is 14.7 Å². The number of ether oxygens (including phenoxy) is 1. The predicted molar refractivity (Wildman–Crippen MR) is 182 cm³/mol. The molecular formula is C39H25N3OS. The summed E-state index contributed by atoms with van der Waals surface area (Å²) in [5.74, 6) is 1.84. The van der Waals surface area contributed by atoms with E-state index in [2.05, 4.69) is 139 Å². The van der Waals surface area contributed by atoms with Crippen molar-refractivity contribution in [2.75, 3.05) is 0 Å². The highest BCUT2D eigenvalue weighted by molar-refractivity contribution is 7.25. The van der Waals surface area contributed by atoms with Gasteiger partial charge in [0.05, 0.1) is 11.0 Å². The molecule has 2 atom stereocenters. The zero-order valence-electron chi connectivity index (χ0n) is 23.9. The Balaban J connectivity index is 1.36. The van der Waals surface area contributed by atoms with Crippen LogP contribution in [0.5, 0.6) is 5.75 Å². The Kier molecular flexibility index (Phi) is 4.76. The van der Waals surface area contributed by atoms with Crippen LogP contribution in [0.25, 0.3) is 70.1 Å². The first-order chi connectivity index (χ1) is 21.7. The standard InChI is InChI=1S/C39H25N3OS/c1-39-20-9-8-17-30(39)26-15-10-16-28(36(26)43-39)34-37(40-35-27-14-5-7-19-33(27)44-38(35)41-34)42-31-18-6-4-13-25(31)29-21-23-11-2-3-12-24(23)22-32(29)42/h2-22,30H,1H3. The lowest BCUT2D eigenvalue weighted by atomic mass is 9.82. The maximum atomic E-state index is 6.85. The number of allylic oxidation sites excluding steroid dienone is 2. The fourth-order valence-electron chi connectivity index (χ4n) is 7.28. The molecule has 0 radical (unpaired) electrons. The van der Waals surface area contributed by atoms with Crippen molar-refractivity contribution >= 4 is 64.3 Å². The van der Waals surface area contributed by atoms with Crippen molar-refractivity contribution in [2.24, 2.45) is 0 Å². The first-order valence-electron chi connectivity index (χ1n) is 15.0. The molecule has 5 heteroatoms. The topological polar surface area (TPSA) is 39.9 Å². The van der Waals surface area contributed by atoms with Crippen molar-refractivity contribution in [3.05, 3.63) is 133 Å². The summed E-state index contributed by atoms with van der Waals surface area (Å²) in [6.45, 7) is 2.17. The van der Waals surface area contributed by atoms with E-state index in [0.717, 1.165) is 49.6 Å². The molecule has 2 unspecified atom stereocenters. The van der Waals surface area contributed by atoms with Crippen LogP contribution >= 0.6 is 11.3 Å². The summed E-state index contributed by atoms with van der Waals surface area (Å²) in [4.78, 5) is 11.9. The van der Waals surface area contributed by atoms with E-state index in [1.54, 1.807) is 11.3 Å². The second kappa shape index (κ2) is 8.65. The zero-order valence-corrected chi connectivity index (χ0v) is 24.7. The zero-order chi connectivity index (χ0) is 29.0. The van der Waals surface area contributed by atoms with Gasteiger partial charge in [-0.05, 0) is 54.1 Å². The minimum atomic E-state index is -0.436. The van der Waals surface area contributed by atoms with Gasteiger partial charge in [0.15, 0.2) is 5.82 Å². The lowest BCUT2D eigenvalue weighted by Gasteiger charge is -2.27. The number of hydrogen-bond donors (Lipinski definition) is 0. The summed E-state index contributed by atoms with van der Waals surface area (Å²) >= 11 is 1.69. The maximum Gasteiger partial charge on any atom is 0.165 e. The Bertz CT molecular complexity index is 2570. The van der Waals surface area contributed by atoms with Gasteiger partial charge in [0.1, 0.15) is 27.4 Å². The quantitative estimate of drug-likeness (QED) is 0.203. The van der Waals surface area contributed by atoms with Crippen LogP contribution in [0.4, 0.5) is 0 Å². The smallest absolute Gasteiger partial charge is 0.165 e. The molecule has 208 valence electrons. The first kappa shape index (κ1) is 24.2. The van der Waals surface area contributed by atoms with Crippen molar-refractivity contribution in [2.45, 2.75) is 18.4 Å². The molecule has 0 bridgehead atoms. The second-order valence-corrected chi connectivity index (χ2v) is 13.0. The minimum absolute atomic E-state index is 0.145. The minimum Gasteiger partial charge on any atom is -0.481 e. The van der Waals surface area contributed by atoms with Gasteiger partial charge in [-0.15, -0.1) is 11.3 Å². The van der Waals surface area contributed by atoms with E-state index in [-0.39, 0.29) is 5.92 Å². The van der Waals surface area contributed by atoms with E-state index in [9.17, 15) is 0 Å². The molecule has 0 N–H and O–H groups in total. The molecule has 4 nitrogen and oxygen atoms in total. The van der Waals surface area contributed by atoms with Gasteiger partial charge in [-0.3, -0.25) is 4.57 Å². The third kappa shape index (κ3) is 3.22. The number of benzene rings is 5. The van der Waals surface area contributed by atoms with E-state index < -0.39 is 5.60 Å². The third-order valence-electron chi connectivity index (χ3n) is 9.36. The molecule has 0 amide bonds. The van der Waals surface area contributed by atoms with Gasteiger partial charge in [0.25, 0.3) is 0 Å². The fourth-order valence-corrected chi connectivity index (χ4v) is 8.30. The monoisotopic (exact) mass is 583 g/mol. The number of fused-ring (bicyclic) bond motifs is 10. The molecule has 1 aliphatic carbocycles. The maximum absolute atomic E-state index is 6.85. The molecule has 0 saturated heterocycles. The molecule has 5 aromatic carbocycles. The molecule has 4 heterocycles. The highest BCUT2D eigenvalue weighted by atomic mass is 32.1. The SMILES string of the molecule is CC12C=CC=CC1c1cccc(-c3nc4sc5ccccc5c4nc3-n3c4ccccc4c4cc5ccccc5cc43)c1O2. The highest BCUT2D eigenvalue weighted by Crippen LogP contribution is 2.52. The Labute approximate surface area is 257 Å². The average molecular weight is 584 g/mol. The number of aromatic nitrogens is 3. The van der Waals surface area contributed by atoms with Crippen LogP contribution in [0.15, 0.2) is 127 Å². The van der Waals surface area contributed by atoms with Crippen molar-refractivity contribution in [1.29, 1.82) is 0 Å². The average Bonchev–Trinajstić information content (AvgIpc) is 3.69. The van der Waals surface area contributed by atoms with E-state index in [0.29, 0.717) is 0 Å². The summed E-state index contributed by atoms with van der Waals surface area (Å²) in [5.41, 5.74) is 5.68. The van der Waals surface area contributed by atoms with E-state index in [1.165, 1.54) is 31.8 Å². The number of rotatable bonds is 2. The van der Waals surface area contributed by atoms with Crippen LogP contribution in [0.2, 0.25) is 0 Å². The van der Waals surface area contributed by atoms with Gasteiger partial charge in [0.2, 0.25) is 0 Å². The van der Waals surface area contributed by atoms with Gasteiger partial charge >= 0.3 is 0 Å². The summed E-state index contributed by atoms with van der Waals surface area (Å²) in [6, 6.07) is 36.7. The second-order valence-electron chi connectivity index (χ2n) is 11.9. The first-order valence-corrected chi connectivity index (χ1v) is 15.8. The van der Waals surface area contributed by atoms with Crippen molar-refractivity contribution in [3.8, 4) is 22.8 Å². The summed E-state index contributed by atoms with van der Waals surface area (Å²) < 4.78 is 10.3. The molecule has 0 saturated carbocycles. The van der Waals surface area contributed by atoms with Crippen LogP contribution in [0.1, 0.15) is 18.4 Å². The molecule has 44 heavy (non-hydrogen) atoms. The molecule has 2 aliphatic rings. The van der Waals surface area contributed by atoms with E-state index in [1.807, 2.05) is 0 Å². The van der Waals surface area contributed by atoms with Crippen LogP contribution in [-0.2, 0) is 0 Å².